The zero-order valence-corrected chi connectivity index (χ0v) is 19.0. The minimum atomic E-state index is -0.404. The van der Waals surface area contributed by atoms with Gasteiger partial charge in [0.05, 0.1) is 11.3 Å². The fourth-order valence-corrected chi connectivity index (χ4v) is 4.02. The fourth-order valence-electron chi connectivity index (χ4n) is 3.24. The summed E-state index contributed by atoms with van der Waals surface area (Å²) in [5, 5.41) is 14.4. The van der Waals surface area contributed by atoms with Gasteiger partial charge in [0.15, 0.2) is 11.0 Å². The number of nitrogens with one attached hydrogen (secondary N) is 2. The minimum Gasteiger partial charge on any atom is -0.354 e. The standard InChI is InChI=1S/C25H22FN5O2S/c26-21-14-8-7-13-20(21)23-29-30-25(31(23)19-11-5-2-6-12-19)34-17-22(32)27-15-16-28-24(33)18-9-3-1-4-10-18/h1-14H,15-17H2,(H,27,32)(H,28,33). The van der Waals surface area contributed by atoms with E-state index in [9.17, 15) is 14.0 Å². The van der Waals surface area contributed by atoms with Gasteiger partial charge in [-0.1, -0.05) is 60.3 Å². The Labute approximate surface area is 200 Å². The highest BCUT2D eigenvalue weighted by Gasteiger charge is 2.19. The average Bonchev–Trinajstić information content (AvgIpc) is 3.30. The molecule has 0 saturated carbocycles. The van der Waals surface area contributed by atoms with E-state index in [4.69, 9.17) is 0 Å². The van der Waals surface area contributed by atoms with Crippen molar-refractivity contribution in [3.8, 4) is 17.1 Å². The third kappa shape index (κ3) is 5.68. The lowest BCUT2D eigenvalue weighted by molar-refractivity contribution is -0.118. The maximum Gasteiger partial charge on any atom is 0.251 e. The highest BCUT2D eigenvalue weighted by molar-refractivity contribution is 7.99. The van der Waals surface area contributed by atoms with Gasteiger partial charge in [-0.15, -0.1) is 10.2 Å². The van der Waals surface area contributed by atoms with E-state index in [1.54, 1.807) is 47.0 Å². The van der Waals surface area contributed by atoms with E-state index < -0.39 is 5.82 Å². The Bertz CT molecular complexity index is 1260. The van der Waals surface area contributed by atoms with Crippen LogP contribution in [0.1, 0.15) is 10.4 Å². The quantitative estimate of drug-likeness (QED) is 0.285. The van der Waals surface area contributed by atoms with Crippen LogP contribution in [-0.2, 0) is 4.79 Å². The van der Waals surface area contributed by atoms with Crippen LogP contribution in [-0.4, -0.2) is 45.4 Å². The largest absolute Gasteiger partial charge is 0.354 e. The number of amides is 2. The first kappa shape index (κ1) is 23.2. The van der Waals surface area contributed by atoms with Crippen LogP contribution in [0.3, 0.4) is 0 Å². The van der Waals surface area contributed by atoms with E-state index >= 15 is 0 Å². The number of thioether (sulfide) groups is 1. The third-order valence-electron chi connectivity index (χ3n) is 4.86. The van der Waals surface area contributed by atoms with E-state index in [2.05, 4.69) is 20.8 Å². The number of carbonyl (C=O) groups excluding carboxylic acids is 2. The maximum atomic E-state index is 14.5. The molecule has 0 spiro atoms. The van der Waals surface area contributed by atoms with Crippen LogP contribution in [0.4, 0.5) is 4.39 Å². The zero-order valence-electron chi connectivity index (χ0n) is 18.1. The molecule has 0 atom stereocenters. The number of hydrogen-bond donors (Lipinski definition) is 2. The van der Waals surface area contributed by atoms with Crippen molar-refractivity contribution in [1.29, 1.82) is 0 Å². The van der Waals surface area contributed by atoms with Crippen molar-refractivity contribution in [3.05, 3.63) is 96.3 Å². The van der Waals surface area contributed by atoms with Crippen LogP contribution in [0.15, 0.2) is 90.1 Å². The molecule has 0 unspecified atom stereocenters. The van der Waals surface area contributed by atoms with Crippen molar-refractivity contribution in [2.24, 2.45) is 0 Å². The lowest BCUT2D eigenvalue weighted by atomic mass is 10.2. The number of benzene rings is 3. The summed E-state index contributed by atoms with van der Waals surface area (Å²) in [5.41, 5.74) is 1.65. The molecule has 172 valence electrons. The second kappa shape index (κ2) is 11.2. The minimum absolute atomic E-state index is 0.0921. The normalized spacial score (nSPS) is 10.6. The van der Waals surface area contributed by atoms with Gasteiger partial charge in [-0.3, -0.25) is 14.2 Å². The van der Waals surface area contributed by atoms with E-state index in [1.165, 1.54) is 17.8 Å². The molecule has 1 heterocycles. The van der Waals surface area contributed by atoms with Crippen LogP contribution in [0.5, 0.6) is 0 Å². The monoisotopic (exact) mass is 475 g/mol. The molecule has 4 aromatic rings. The van der Waals surface area contributed by atoms with Crippen molar-refractivity contribution >= 4 is 23.6 Å². The maximum absolute atomic E-state index is 14.5. The van der Waals surface area contributed by atoms with Gasteiger partial charge >= 0.3 is 0 Å². The Morgan fingerprint density at radius 2 is 1.47 bits per heavy atom. The molecule has 0 aliphatic heterocycles. The van der Waals surface area contributed by atoms with Crippen LogP contribution in [0, 0.1) is 5.82 Å². The molecule has 0 fully saturated rings. The van der Waals surface area contributed by atoms with Gasteiger partial charge in [0, 0.05) is 24.3 Å². The summed E-state index contributed by atoms with van der Waals surface area (Å²) in [6, 6.07) is 24.6. The smallest absolute Gasteiger partial charge is 0.251 e. The SMILES string of the molecule is O=C(CSc1nnc(-c2ccccc2F)n1-c1ccccc1)NCCNC(=O)c1ccccc1. The molecule has 4 rings (SSSR count). The van der Waals surface area contributed by atoms with Crippen LogP contribution < -0.4 is 10.6 Å². The number of para-hydroxylation sites is 1. The fraction of sp³-hybridized carbons (Fsp3) is 0.120. The molecule has 0 aliphatic rings. The highest BCUT2D eigenvalue weighted by Crippen LogP contribution is 2.29. The van der Waals surface area contributed by atoms with Gasteiger partial charge in [-0.25, -0.2) is 4.39 Å². The Morgan fingerprint density at radius 1 is 0.824 bits per heavy atom. The highest BCUT2D eigenvalue weighted by atomic mass is 32.2. The van der Waals surface area contributed by atoms with Crippen molar-refractivity contribution in [2.45, 2.75) is 5.16 Å². The third-order valence-corrected chi connectivity index (χ3v) is 5.79. The second-order valence-electron chi connectivity index (χ2n) is 7.22. The van der Waals surface area contributed by atoms with Gasteiger partial charge in [0.1, 0.15) is 5.82 Å². The Kier molecular flexibility index (Phi) is 7.67. The van der Waals surface area contributed by atoms with E-state index in [1.807, 2.05) is 36.4 Å². The summed E-state index contributed by atoms with van der Waals surface area (Å²) in [6.45, 7) is 0.603. The van der Waals surface area contributed by atoms with Crippen molar-refractivity contribution < 1.29 is 14.0 Å². The first-order chi connectivity index (χ1) is 16.6. The predicted molar refractivity (Wildman–Crippen MR) is 129 cm³/mol. The number of nitrogens with zero attached hydrogens (tertiary/aromatic N) is 3. The van der Waals surface area contributed by atoms with Gasteiger partial charge in [0.25, 0.3) is 5.91 Å². The molecule has 34 heavy (non-hydrogen) atoms. The zero-order chi connectivity index (χ0) is 23.8. The van der Waals surface area contributed by atoms with Gasteiger partial charge < -0.3 is 10.6 Å². The lowest BCUT2D eigenvalue weighted by Gasteiger charge is -2.11. The van der Waals surface area contributed by atoms with Gasteiger partial charge in [-0.05, 0) is 36.4 Å². The van der Waals surface area contributed by atoms with Crippen LogP contribution >= 0.6 is 11.8 Å². The summed E-state index contributed by atoms with van der Waals surface area (Å²) in [5.74, 6) is -0.362. The van der Waals surface area contributed by atoms with Crippen molar-refractivity contribution in [2.75, 3.05) is 18.8 Å². The summed E-state index contributed by atoms with van der Waals surface area (Å²) in [4.78, 5) is 24.4. The topological polar surface area (TPSA) is 88.9 Å². The van der Waals surface area contributed by atoms with Gasteiger partial charge in [-0.2, -0.15) is 0 Å². The molecular formula is C25H22FN5O2S. The molecule has 1 aromatic heterocycles. The van der Waals surface area contributed by atoms with Crippen molar-refractivity contribution in [1.82, 2.24) is 25.4 Å². The first-order valence-electron chi connectivity index (χ1n) is 10.6. The van der Waals surface area contributed by atoms with Gasteiger partial charge in [0.2, 0.25) is 5.91 Å². The molecule has 0 radical (unpaired) electrons. The van der Waals surface area contributed by atoms with E-state index in [0.29, 0.717) is 35.2 Å². The molecular weight excluding hydrogens is 453 g/mol. The summed E-state index contributed by atoms with van der Waals surface area (Å²) in [7, 11) is 0. The van der Waals surface area contributed by atoms with E-state index in [0.717, 1.165) is 5.69 Å². The Balaban J connectivity index is 1.38. The molecule has 0 aliphatic carbocycles. The summed E-state index contributed by atoms with van der Waals surface area (Å²) >= 11 is 1.20. The molecule has 9 heteroatoms. The van der Waals surface area contributed by atoms with Crippen LogP contribution in [0.25, 0.3) is 17.1 Å². The van der Waals surface area contributed by atoms with Crippen LogP contribution in [0.2, 0.25) is 0 Å². The number of aromatic nitrogens is 3. The molecule has 0 bridgehead atoms. The number of halogens is 1. The Hall–Kier alpha value is -3.98. The molecule has 0 saturated heterocycles. The second-order valence-corrected chi connectivity index (χ2v) is 8.16. The van der Waals surface area contributed by atoms with Crippen molar-refractivity contribution in [3.63, 3.8) is 0 Å². The average molecular weight is 476 g/mol. The summed E-state index contributed by atoms with van der Waals surface area (Å²) < 4.78 is 16.2. The first-order valence-corrected chi connectivity index (χ1v) is 11.6. The number of hydrogen-bond acceptors (Lipinski definition) is 5. The summed E-state index contributed by atoms with van der Waals surface area (Å²) in [6.07, 6.45) is 0. The molecule has 3 aromatic carbocycles. The molecule has 7 nitrogen and oxygen atoms in total. The molecule has 2 N–H and O–H groups in total. The predicted octanol–water partition coefficient (Wildman–Crippen LogP) is 3.71. The van der Waals surface area contributed by atoms with E-state index in [-0.39, 0.29) is 17.6 Å². The lowest BCUT2D eigenvalue weighted by Crippen LogP contribution is -2.35. The number of rotatable bonds is 9. The number of carbonyl (C=O) groups is 2. The Morgan fingerprint density at radius 3 is 2.21 bits per heavy atom. The molecule has 2 amide bonds.